The predicted molar refractivity (Wildman–Crippen MR) is 166 cm³/mol. The van der Waals surface area contributed by atoms with Gasteiger partial charge in [-0.3, -0.25) is 9.78 Å². The smallest absolute Gasteiger partial charge is 0.405 e. The van der Waals surface area contributed by atoms with Crippen LogP contribution in [0.1, 0.15) is 60.2 Å². The van der Waals surface area contributed by atoms with E-state index < -0.39 is 20.2 Å². The highest BCUT2D eigenvalue weighted by molar-refractivity contribution is 6.76. The van der Waals surface area contributed by atoms with Gasteiger partial charge in [-0.05, 0) is 37.9 Å². The topological polar surface area (TPSA) is 142 Å². The van der Waals surface area contributed by atoms with Crippen molar-refractivity contribution in [1.82, 2.24) is 25.0 Å². The van der Waals surface area contributed by atoms with Crippen molar-refractivity contribution < 1.29 is 28.7 Å². The molecule has 4 aromatic rings. The number of benzene rings is 1. The van der Waals surface area contributed by atoms with E-state index in [1.165, 1.54) is 6.26 Å². The fourth-order valence-electron chi connectivity index (χ4n) is 4.82. The lowest BCUT2D eigenvalue weighted by Gasteiger charge is -2.19. The zero-order valence-electron chi connectivity index (χ0n) is 25.6. The molecular weight excluding hydrogens is 566 g/mol. The second-order valence-corrected chi connectivity index (χ2v) is 17.5. The number of aryl methyl sites for hydroxylation is 1. The SMILES string of the molecule is COc1cc2nc(C)ccc2cc1-c1cn(COCC[Si](C)(C)C)c(C(CCCCCC(=O)c2ccon2)NC(=O)O)n1. The van der Waals surface area contributed by atoms with Crippen molar-refractivity contribution in [3.8, 4) is 17.0 Å². The minimum Gasteiger partial charge on any atom is -0.496 e. The molecule has 11 nitrogen and oxygen atoms in total. The van der Waals surface area contributed by atoms with Gasteiger partial charge in [0, 0.05) is 56.1 Å². The van der Waals surface area contributed by atoms with Gasteiger partial charge >= 0.3 is 6.09 Å². The quantitative estimate of drug-likeness (QED) is 0.0793. The average molecular weight is 608 g/mol. The summed E-state index contributed by atoms with van der Waals surface area (Å²) in [7, 11) is 0.322. The van der Waals surface area contributed by atoms with Gasteiger partial charge in [-0.15, -0.1) is 0 Å². The Bertz CT molecular complexity index is 1530. The minimum atomic E-state index is -1.29. The van der Waals surface area contributed by atoms with Crippen LogP contribution in [0.25, 0.3) is 22.2 Å². The molecule has 3 heterocycles. The van der Waals surface area contributed by atoms with Crippen LogP contribution in [-0.4, -0.2) is 58.5 Å². The van der Waals surface area contributed by atoms with Crippen LogP contribution in [0.4, 0.5) is 4.79 Å². The van der Waals surface area contributed by atoms with E-state index in [-0.39, 0.29) is 12.5 Å². The first-order chi connectivity index (χ1) is 20.5. The molecule has 0 saturated heterocycles. The summed E-state index contributed by atoms with van der Waals surface area (Å²) in [5, 5.41) is 17.0. The summed E-state index contributed by atoms with van der Waals surface area (Å²) in [6.45, 7) is 9.69. The Kier molecular flexibility index (Phi) is 10.7. The van der Waals surface area contributed by atoms with Crippen LogP contribution in [0.5, 0.6) is 5.75 Å². The van der Waals surface area contributed by atoms with Crippen molar-refractivity contribution >= 4 is 30.9 Å². The summed E-state index contributed by atoms with van der Waals surface area (Å²) >= 11 is 0. The highest BCUT2D eigenvalue weighted by atomic mass is 28.3. The van der Waals surface area contributed by atoms with Crippen LogP contribution in [-0.2, 0) is 11.5 Å². The van der Waals surface area contributed by atoms with Gasteiger partial charge in [0.15, 0.2) is 5.78 Å². The number of unbranched alkanes of at least 4 members (excludes halogenated alkanes) is 2. The molecule has 0 spiro atoms. The summed E-state index contributed by atoms with van der Waals surface area (Å²) in [6.07, 6.45) is 5.09. The third-order valence-electron chi connectivity index (χ3n) is 7.19. The number of fused-ring (bicyclic) bond motifs is 1. The maximum Gasteiger partial charge on any atom is 0.405 e. The summed E-state index contributed by atoms with van der Waals surface area (Å²) < 4.78 is 18.4. The number of pyridine rings is 1. The number of carboxylic acid groups (broad SMARTS) is 1. The molecule has 4 rings (SSSR count). The number of carbonyl (C=O) groups excluding carboxylic acids is 1. The number of rotatable bonds is 16. The van der Waals surface area contributed by atoms with Crippen LogP contribution in [0.15, 0.2) is 47.3 Å². The second-order valence-electron chi connectivity index (χ2n) is 11.9. The Labute approximate surface area is 252 Å². The highest BCUT2D eigenvalue weighted by Crippen LogP contribution is 2.35. The summed E-state index contributed by atoms with van der Waals surface area (Å²) in [5.41, 5.74) is 3.49. The summed E-state index contributed by atoms with van der Waals surface area (Å²) in [6, 6.07) is 9.86. The van der Waals surface area contributed by atoms with Crippen molar-refractivity contribution in [1.29, 1.82) is 0 Å². The molecule has 2 N–H and O–H groups in total. The Morgan fingerprint density at radius 1 is 1.12 bits per heavy atom. The van der Waals surface area contributed by atoms with Crippen LogP contribution in [0.2, 0.25) is 25.7 Å². The average Bonchev–Trinajstić information content (AvgIpc) is 3.64. The van der Waals surface area contributed by atoms with Crippen molar-refractivity contribution in [2.75, 3.05) is 13.7 Å². The van der Waals surface area contributed by atoms with Gasteiger partial charge in [0.1, 0.15) is 30.3 Å². The van der Waals surface area contributed by atoms with Crippen molar-refractivity contribution in [2.45, 2.75) is 77.5 Å². The van der Waals surface area contributed by atoms with Gasteiger partial charge in [0.2, 0.25) is 0 Å². The number of nitrogens with zero attached hydrogens (tertiary/aromatic N) is 4. The zero-order valence-corrected chi connectivity index (χ0v) is 26.6. The Morgan fingerprint density at radius 3 is 2.63 bits per heavy atom. The maximum atomic E-state index is 12.2. The van der Waals surface area contributed by atoms with E-state index in [0.29, 0.717) is 55.3 Å². The monoisotopic (exact) mass is 607 g/mol. The fraction of sp³-hybridized carbons (Fsp3) is 0.452. The number of amides is 1. The summed E-state index contributed by atoms with van der Waals surface area (Å²) in [4.78, 5) is 33.7. The Morgan fingerprint density at radius 2 is 1.93 bits per heavy atom. The first-order valence-corrected chi connectivity index (χ1v) is 18.3. The molecule has 1 unspecified atom stereocenters. The molecule has 0 fully saturated rings. The number of imidazole rings is 1. The normalized spacial score (nSPS) is 12.4. The number of Topliss-reactive ketones (excluding diaryl/α,β-unsaturated/α-hetero) is 1. The molecular formula is C31H41N5O6Si. The first-order valence-electron chi connectivity index (χ1n) is 14.6. The van der Waals surface area contributed by atoms with Gasteiger partial charge in [0.25, 0.3) is 0 Å². The van der Waals surface area contributed by atoms with Gasteiger partial charge < -0.3 is 29.0 Å². The highest BCUT2D eigenvalue weighted by Gasteiger charge is 2.23. The third kappa shape index (κ3) is 8.98. The molecule has 0 aliphatic heterocycles. The van der Waals surface area contributed by atoms with Crippen LogP contribution < -0.4 is 10.1 Å². The lowest BCUT2D eigenvalue weighted by atomic mass is 10.0. The maximum absolute atomic E-state index is 12.2. The number of methoxy groups -OCH3 is 1. The number of nitrogens with one attached hydrogen (secondary N) is 1. The van der Waals surface area contributed by atoms with E-state index >= 15 is 0 Å². The lowest BCUT2D eigenvalue weighted by Crippen LogP contribution is -2.29. The molecule has 0 aliphatic carbocycles. The zero-order chi connectivity index (χ0) is 31.0. The van der Waals surface area contributed by atoms with Gasteiger partial charge in [-0.2, -0.15) is 0 Å². The van der Waals surface area contributed by atoms with Gasteiger partial charge in [0.05, 0.1) is 24.4 Å². The number of ether oxygens (including phenoxy) is 2. The van der Waals surface area contributed by atoms with E-state index in [9.17, 15) is 14.7 Å². The fourth-order valence-corrected chi connectivity index (χ4v) is 5.57. The molecule has 43 heavy (non-hydrogen) atoms. The van der Waals surface area contributed by atoms with Crippen molar-refractivity contribution in [2.24, 2.45) is 0 Å². The van der Waals surface area contributed by atoms with Gasteiger partial charge in [-0.1, -0.05) is 43.7 Å². The number of aromatic nitrogens is 4. The van der Waals surface area contributed by atoms with Gasteiger partial charge in [-0.25, -0.2) is 9.78 Å². The van der Waals surface area contributed by atoms with E-state index in [0.717, 1.165) is 34.6 Å². The van der Waals surface area contributed by atoms with Crippen molar-refractivity contribution in [3.63, 3.8) is 0 Å². The molecule has 1 aromatic carbocycles. The standard InChI is InChI=1S/C31H41N5O6Si/c1-21-11-12-22-17-23(29(40-2)18-26(22)32-21)27-19-36(20-41-15-16-43(3,4)5)30(33-27)25(34-31(38)39)9-7-6-8-10-28(37)24-13-14-42-35-24/h11-14,17-19,25,34H,6-10,15-16,20H2,1-5H3,(H,38,39). The number of ketones is 1. The second kappa shape index (κ2) is 14.4. The predicted octanol–water partition coefficient (Wildman–Crippen LogP) is 6.86. The molecule has 1 atom stereocenters. The molecule has 3 aromatic heterocycles. The molecule has 12 heteroatoms. The minimum absolute atomic E-state index is 0.0701. The van der Waals surface area contributed by atoms with E-state index in [1.807, 2.05) is 42.0 Å². The van der Waals surface area contributed by atoms with Crippen LogP contribution in [0, 0.1) is 6.92 Å². The summed E-state index contributed by atoms with van der Waals surface area (Å²) in [5.74, 6) is 1.12. The molecule has 0 aliphatic rings. The molecule has 0 radical (unpaired) electrons. The number of carbonyl (C=O) groups is 2. The number of hydrogen-bond donors (Lipinski definition) is 2. The Hall–Kier alpha value is -4.03. The Balaban J connectivity index is 1.58. The van der Waals surface area contributed by atoms with E-state index in [2.05, 4.69) is 35.1 Å². The third-order valence-corrected chi connectivity index (χ3v) is 8.89. The first kappa shape index (κ1) is 31.9. The van der Waals surface area contributed by atoms with E-state index in [1.54, 1.807) is 13.2 Å². The van der Waals surface area contributed by atoms with Crippen LogP contribution >= 0.6 is 0 Å². The van der Waals surface area contributed by atoms with Crippen LogP contribution in [0.3, 0.4) is 0 Å². The largest absolute Gasteiger partial charge is 0.496 e. The van der Waals surface area contributed by atoms with Crippen molar-refractivity contribution in [3.05, 3.63) is 60.0 Å². The molecule has 1 amide bonds. The number of hydrogen-bond acceptors (Lipinski definition) is 8. The molecule has 0 bridgehead atoms. The van der Waals surface area contributed by atoms with E-state index in [4.69, 9.17) is 19.0 Å². The molecule has 230 valence electrons. The lowest BCUT2D eigenvalue weighted by molar-refractivity contribution is 0.0834. The molecule has 0 saturated carbocycles.